The van der Waals surface area contributed by atoms with Gasteiger partial charge in [-0.2, -0.15) is 0 Å². The second-order valence-corrected chi connectivity index (χ2v) is 6.69. The van der Waals surface area contributed by atoms with Gasteiger partial charge >= 0.3 is 0 Å². The van der Waals surface area contributed by atoms with E-state index in [1.165, 1.54) is 24.3 Å². The van der Waals surface area contributed by atoms with Crippen molar-refractivity contribution < 1.29 is 37.7 Å². The van der Waals surface area contributed by atoms with Crippen LogP contribution in [0.2, 0.25) is 0 Å². The van der Waals surface area contributed by atoms with Crippen molar-refractivity contribution in [3.05, 3.63) is 107 Å². The number of benzene rings is 2. The molecule has 0 saturated heterocycles. The Hall–Kier alpha value is -2.89. The summed E-state index contributed by atoms with van der Waals surface area (Å²) in [6, 6.07) is 14.0. The summed E-state index contributed by atoms with van der Waals surface area (Å²) in [5, 5.41) is 0. The molecule has 2 aromatic carbocycles. The van der Waals surface area contributed by atoms with Crippen LogP contribution in [0.15, 0.2) is 73.1 Å². The van der Waals surface area contributed by atoms with E-state index in [4.69, 9.17) is 0 Å². The number of pyridine rings is 2. The van der Waals surface area contributed by atoms with Crippen LogP contribution in [0.5, 0.6) is 0 Å². The van der Waals surface area contributed by atoms with Crippen molar-refractivity contribution in [2.24, 2.45) is 0 Å². The number of aryl methyl sites for hydroxylation is 2. The van der Waals surface area contributed by atoms with E-state index in [0.29, 0.717) is 22.5 Å². The molecular formula is C24H18F4IrN2. The van der Waals surface area contributed by atoms with Gasteiger partial charge in [0.25, 0.3) is 0 Å². The molecule has 2 aromatic heterocycles. The molecule has 161 valence electrons. The zero-order valence-corrected chi connectivity index (χ0v) is 19.1. The molecule has 0 amide bonds. The van der Waals surface area contributed by atoms with Gasteiger partial charge in [-0.3, -0.25) is 9.97 Å². The zero-order chi connectivity index (χ0) is 21.7. The molecule has 4 aromatic rings. The fourth-order valence-electron chi connectivity index (χ4n) is 2.65. The van der Waals surface area contributed by atoms with E-state index in [2.05, 4.69) is 9.97 Å². The Labute approximate surface area is 191 Å². The standard InChI is InChI=1S/2C12H9F2N.Ir/c2*1-8-2-5-12(15-7-8)10-4-3-9(13)6-11(10)14;/h2*2-7H,1H3;. The Morgan fingerprint density at radius 3 is 1.23 bits per heavy atom. The quantitative estimate of drug-likeness (QED) is 0.240. The van der Waals surface area contributed by atoms with Crippen molar-refractivity contribution in [1.82, 2.24) is 9.97 Å². The summed E-state index contributed by atoms with van der Waals surface area (Å²) in [6.07, 6.45) is 3.30. The predicted octanol–water partition coefficient (Wildman–Crippen LogP) is 6.67. The molecule has 0 saturated carbocycles. The van der Waals surface area contributed by atoms with Gasteiger partial charge in [0.1, 0.15) is 23.3 Å². The van der Waals surface area contributed by atoms with Crippen molar-refractivity contribution in [3.8, 4) is 22.5 Å². The molecule has 0 aliphatic rings. The van der Waals surface area contributed by atoms with Crippen LogP contribution < -0.4 is 0 Å². The van der Waals surface area contributed by atoms with Crippen LogP contribution in [-0.2, 0) is 20.1 Å². The number of hydrogen-bond donors (Lipinski definition) is 0. The number of nitrogens with zero attached hydrogens (tertiary/aromatic N) is 2. The molecule has 31 heavy (non-hydrogen) atoms. The summed E-state index contributed by atoms with van der Waals surface area (Å²) >= 11 is 0. The van der Waals surface area contributed by atoms with Crippen molar-refractivity contribution in [2.45, 2.75) is 13.8 Å². The molecule has 0 N–H and O–H groups in total. The average molecular weight is 603 g/mol. The third kappa shape index (κ3) is 6.54. The van der Waals surface area contributed by atoms with E-state index >= 15 is 0 Å². The monoisotopic (exact) mass is 603 g/mol. The summed E-state index contributed by atoms with van der Waals surface area (Å²) < 4.78 is 52.0. The van der Waals surface area contributed by atoms with Crippen LogP contribution in [0.25, 0.3) is 22.5 Å². The molecule has 0 unspecified atom stereocenters. The van der Waals surface area contributed by atoms with Crippen LogP contribution in [0.3, 0.4) is 0 Å². The molecule has 0 atom stereocenters. The molecule has 0 aliphatic carbocycles. The van der Waals surface area contributed by atoms with Crippen LogP contribution >= 0.6 is 0 Å². The normalized spacial score (nSPS) is 10.0. The van der Waals surface area contributed by atoms with E-state index < -0.39 is 23.3 Å². The Balaban J connectivity index is 0.000000213. The molecule has 4 rings (SSSR count). The first-order chi connectivity index (χ1) is 14.3. The van der Waals surface area contributed by atoms with Gasteiger partial charge in [0.05, 0.1) is 11.4 Å². The Morgan fingerprint density at radius 1 is 0.548 bits per heavy atom. The Bertz CT molecular complexity index is 1050. The summed E-state index contributed by atoms with van der Waals surface area (Å²) in [5.74, 6) is -2.34. The van der Waals surface area contributed by atoms with Gasteiger partial charge in [-0.25, -0.2) is 17.6 Å². The van der Waals surface area contributed by atoms with Crippen molar-refractivity contribution in [2.75, 3.05) is 0 Å². The number of hydrogen-bond acceptors (Lipinski definition) is 2. The average Bonchev–Trinajstić information content (AvgIpc) is 2.70. The second-order valence-electron chi connectivity index (χ2n) is 6.69. The molecular weight excluding hydrogens is 584 g/mol. The predicted molar refractivity (Wildman–Crippen MR) is 109 cm³/mol. The third-order valence-corrected chi connectivity index (χ3v) is 4.24. The van der Waals surface area contributed by atoms with Gasteiger partial charge in [-0.1, -0.05) is 12.1 Å². The van der Waals surface area contributed by atoms with E-state index in [-0.39, 0.29) is 20.1 Å². The number of halogens is 4. The fourth-order valence-corrected chi connectivity index (χ4v) is 2.65. The van der Waals surface area contributed by atoms with Gasteiger partial charge in [0.2, 0.25) is 0 Å². The molecule has 2 heterocycles. The van der Waals surface area contributed by atoms with Crippen LogP contribution in [0.1, 0.15) is 11.1 Å². The molecule has 0 bridgehead atoms. The van der Waals surface area contributed by atoms with E-state index in [1.807, 2.05) is 26.0 Å². The summed E-state index contributed by atoms with van der Waals surface area (Å²) in [6.45, 7) is 3.80. The van der Waals surface area contributed by atoms with E-state index in [9.17, 15) is 17.6 Å². The minimum atomic E-state index is -0.591. The number of rotatable bonds is 2. The van der Waals surface area contributed by atoms with Crippen LogP contribution in [0.4, 0.5) is 17.6 Å². The van der Waals surface area contributed by atoms with Gasteiger partial charge in [0, 0.05) is 55.8 Å². The first-order valence-corrected chi connectivity index (χ1v) is 9.09. The maximum Gasteiger partial charge on any atom is 0.135 e. The van der Waals surface area contributed by atoms with Crippen molar-refractivity contribution >= 4 is 0 Å². The maximum atomic E-state index is 13.4. The first kappa shape index (κ1) is 24.4. The third-order valence-electron chi connectivity index (χ3n) is 4.24. The van der Waals surface area contributed by atoms with Crippen molar-refractivity contribution in [3.63, 3.8) is 0 Å². The summed E-state index contributed by atoms with van der Waals surface area (Å²) in [5.41, 5.74) is 3.66. The Morgan fingerprint density at radius 2 is 0.935 bits per heavy atom. The second kappa shape index (κ2) is 10.9. The van der Waals surface area contributed by atoms with Crippen LogP contribution in [0, 0.1) is 37.1 Å². The maximum absolute atomic E-state index is 13.4. The van der Waals surface area contributed by atoms with Gasteiger partial charge in [-0.05, 0) is 61.4 Å². The summed E-state index contributed by atoms with van der Waals surface area (Å²) in [7, 11) is 0. The molecule has 7 heteroatoms. The van der Waals surface area contributed by atoms with Gasteiger partial charge < -0.3 is 0 Å². The molecule has 1 radical (unpaired) electrons. The SMILES string of the molecule is Cc1ccc(-c2ccc(F)cc2F)nc1.Cc1ccc(-c2ccc(F)cc2F)nc1.[Ir]. The smallest absolute Gasteiger partial charge is 0.135 e. The first-order valence-electron chi connectivity index (χ1n) is 9.09. The molecule has 0 spiro atoms. The molecule has 2 nitrogen and oxygen atoms in total. The van der Waals surface area contributed by atoms with Gasteiger partial charge in [0.15, 0.2) is 0 Å². The van der Waals surface area contributed by atoms with E-state index in [0.717, 1.165) is 23.3 Å². The Kier molecular flexibility index (Phi) is 8.60. The van der Waals surface area contributed by atoms with E-state index in [1.54, 1.807) is 24.5 Å². The van der Waals surface area contributed by atoms with Crippen LogP contribution in [-0.4, -0.2) is 9.97 Å². The van der Waals surface area contributed by atoms with Crippen molar-refractivity contribution in [1.29, 1.82) is 0 Å². The number of aromatic nitrogens is 2. The zero-order valence-electron chi connectivity index (χ0n) is 16.7. The fraction of sp³-hybridized carbons (Fsp3) is 0.0833. The minimum Gasteiger partial charge on any atom is -0.256 e. The molecule has 0 fully saturated rings. The minimum absolute atomic E-state index is 0. The van der Waals surface area contributed by atoms with Gasteiger partial charge in [-0.15, -0.1) is 0 Å². The molecule has 0 aliphatic heterocycles. The largest absolute Gasteiger partial charge is 0.256 e. The summed E-state index contributed by atoms with van der Waals surface area (Å²) in [4.78, 5) is 8.15. The topological polar surface area (TPSA) is 25.8 Å².